The minimum absolute atomic E-state index is 0.0217. The molecule has 6 atom stereocenters. The Hall–Kier alpha value is -7.50. The third-order valence-electron chi connectivity index (χ3n) is 25.8. The lowest BCUT2D eigenvalue weighted by Gasteiger charge is -2.50. The van der Waals surface area contributed by atoms with Gasteiger partial charge in [0.25, 0.3) is 0 Å². The van der Waals surface area contributed by atoms with E-state index in [9.17, 15) is 0 Å². The lowest BCUT2D eigenvalue weighted by molar-refractivity contribution is 0.110. The van der Waals surface area contributed by atoms with Gasteiger partial charge in [-0.1, -0.05) is 280 Å². The molecule has 14 aromatic carbocycles. The molecule has 91 heavy (non-hydrogen) atoms. The van der Waals surface area contributed by atoms with E-state index in [-0.39, 0.29) is 21.9 Å². The normalized spacial score (nSPS) is 25.7. The van der Waals surface area contributed by atoms with Crippen molar-refractivity contribution < 1.29 is 0 Å². The summed E-state index contributed by atoms with van der Waals surface area (Å²) in [5, 5.41) is 24.4. The van der Waals surface area contributed by atoms with Gasteiger partial charge in [0.1, 0.15) is 0 Å². The van der Waals surface area contributed by atoms with Crippen LogP contribution in [0.25, 0.3) is 97.0 Å². The first-order valence-corrected chi connectivity index (χ1v) is 35.6. The molecule has 20 rings (SSSR count). The number of anilines is 4. The van der Waals surface area contributed by atoms with Crippen LogP contribution in [0.15, 0.2) is 215 Å². The van der Waals surface area contributed by atoms with Gasteiger partial charge in [-0.3, -0.25) is 0 Å². The molecule has 0 amide bonds. The Kier molecular flexibility index (Phi) is 12.4. The molecule has 2 heterocycles. The van der Waals surface area contributed by atoms with Crippen molar-refractivity contribution >= 4 is 152 Å². The van der Waals surface area contributed by atoms with Gasteiger partial charge in [-0.15, -0.1) is 0 Å². The van der Waals surface area contributed by atoms with E-state index in [1.807, 2.05) is 0 Å². The van der Waals surface area contributed by atoms with E-state index in [4.69, 9.17) is 0 Å². The molecule has 2 nitrogen and oxygen atoms in total. The second kappa shape index (κ2) is 20.0. The fourth-order valence-corrected chi connectivity index (χ4v) is 21.3. The highest BCUT2D eigenvalue weighted by Crippen LogP contribution is 2.66. The monoisotopic (exact) mass is 1310 g/mol. The number of hydrogen-bond donors (Lipinski definition) is 0. The van der Waals surface area contributed by atoms with Crippen LogP contribution in [0.1, 0.15) is 141 Å². The summed E-state index contributed by atoms with van der Waals surface area (Å²) in [4.78, 5) is 5.65. The maximum atomic E-state index is 3.65. The number of fused-ring (bicyclic) bond motifs is 15. The van der Waals surface area contributed by atoms with Gasteiger partial charge >= 0.3 is 0 Å². The van der Waals surface area contributed by atoms with Gasteiger partial charge in [0.2, 0.25) is 0 Å². The lowest BCUT2D eigenvalue weighted by atomic mass is 9.58. The number of halogens is 2. The largest absolute Gasteiger partial charge is 0.333 e. The zero-order valence-electron chi connectivity index (χ0n) is 53.5. The van der Waals surface area contributed by atoms with E-state index in [2.05, 4.69) is 289 Å². The SMILES string of the molecule is Brc1ccc2ccc3c(Br)ccc4ccc1c2c43.CC12CCCCC1(C)N(c1ccc3ccc4c(N5c6c(ccc7ccccc67)C6(C)CCCCC56C)ccc5ccc1c3c54)c1c2ccc2ccccc12.CC12CCCCC1(C)c1ccc3ccccc3c1C2. The highest BCUT2D eigenvalue weighted by atomic mass is 79.9. The topological polar surface area (TPSA) is 6.48 Å². The number of rotatable bonds is 2. The molecule has 450 valence electrons. The molecule has 0 spiro atoms. The Morgan fingerprint density at radius 1 is 0.286 bits per heavy atom. The van der Waals surface area contributed by atoms with Gasteiger partial charge in [0.05, 0.1) is 22.5 Å². The fraction of sp³-hybridized carbons (Fsp3) is 0.287. The quantitative estimate of drug-likeness (QED) is 0.159. The summed E-state index contributed by atoms with van der Waals surface area (Å²) < 4.78 is 2.31. The van der Waals surface area contributed by atoms with Gasteiger partial charge in [0, 0.05) is 52.7 Å². The average molecular weight is 1310 g/mol. The van der Waals surface area contributed by atoms with Crippen molar-refractivity contribution in [1.82, 2.24) is 0 Å². The van der Waals surface area contributed by atoms with Crippen molar-refractivity contribution in [3.8, 4) is 0 Å². The van der Waals surface area contributed by atoms with Crippen molar-refractivity contribution in [2.24, 2.45) is 5.41 Å². The highest BCUT2D eigenvalue weighted by Gasteiger charge is 2.60. The van der Waals surface area contributed by atoms with E-state index in [1.165, 1.54) is 214 Å². The first-order chi connectivity index (χ1) is 44.2. The van der Waals surface area contributed by atoms with Crippen LogP contribution in [0, 0.1) is 5.41 Å². The van der Waals surface area contributed by atoms with Crippen LogP contribution in [-0.4, -0.2) is 11.1 Å². The fourth-order valence-electron chi connectivity index (χ4n) is 20.3. The van der Waals surface area contributed by atoms with Crippen LogP contribution in [-0.2, 0) is 22.7 Å². The minimum atomic E-state index is -0.0217. The molecule has 6 aliphatic rings. The van der Waals surface area contributed by atoms with Crippen LogP contribution in [0.2, 0.25) is 0 Å². The molecule has 0 aromatic heterocycles. The summed E-state index contributed by atoms with van der Waals surface area (Å²) in [5.74, 6) is 0. The van der Waals surface area contributed by atoms with Crippen molar-refractivity contribution in [2.75, 3.05) is 9.80 Å². The van der Waals surface area contributed by atoms with Gasteiger partial charge in [-0.25, -0.2) is 0 Å². The molecule has 14 aromatic rings. The number of hydrogen-bond acceptors (Lipinski definition) is 2. The molecule has 0 N–H and O–H groups in total. The number of nitrogens with zero attached hydrogens (tertiary/aromatic N) is 2. The third kappa shape index (κ3) is 7.58. The summed E-state index contributed by atoms with van der Waals surface area (Å²) in [6.07, 6.45) is 16.8. The van der Waals surface area contributed by atoms with E-state index >= 15 is 0 Å². The summed E-state index contributed by atoms with van der Waals surface area (Å²) >= 11 is 7.30. The zero-order chi connectivity index (χ0) is 61.6. The first-order valence-electron chi connectivity index (χ1n) is 34.0. The molecular weight excluding hydrogens is 1230 g/mol. The number of benzene rings is 14. The van der Waals surface area contributed by atoms with Crippen LogP contribution in [0.4, 0.5) is 22.7 Å². The summed E-state index contributed by atoms with van der Waals surface area (Å²) in [5.41, 5.74) is 12.9. The van der Waals surface area contributed by atoms with Crippen molar-refractivity contribution in [3.05, 3.63) is 237 Å². The molecule has 3 fully saturated rings. The predicted molar refractivity (Wildman–Crippen MR) is 398 cm³/mol. The molecule has 0 saturated heterocycles. The van der Waals surface area contributed by atoms with Gasteiger partial charge < -0.3 is 9.80 Å². The van der Waals surface area contributed by atoms with Crippen LogP contribution < -0.4 is 9.80 Å². The van der Waals surface area contributed by atoms with Gasteiger partial charge in [-0.05, 0) is 192 Å². The Balaban J connectivity index is 0.000000134. The van der Waals surface area contributed by atoms with E-state index < -0.39 is 0 Å². The Labute approximate surface area is 552 Å². The third-order valence-corrected chi connectivity index (χ3v) is 27.2. The van der Waals surface area contributed by atoms with Crippen molar-refractivity contribution in [3.63, 3.8) is 0 Å². The second-order valence-corrected chi connectivity index (χ2v) is 31.6. The molecule has 4 aliphatic carbocycles. The summed E-state index contributed by atoms with van der Waals surface area (Å²) in [7, 11) is 0. The van der Waals surface area contributed by atoms with E-state index in [0.717, 1.165) is 8.95 Å². The Morgan fingerprint density at radius 3 is 1.10 bits per heavy atom. The smallest absolute Gasteiger partial charge is 0.0535 e. The highest BCUT2D eigenvalue weighted by molar-refractivity contribution is 9.11. The standard InChI is InChI=1S/C52H48N2.C19H22.C16H8Br2/c1-49-29-9-11-31-51(49,3)53(47-37-15-7-5-13-33(37)19-25-41(47)49)43-27-21-35-18-24-40-44(28-22-36-17-23-39(43)45(35)46(36)40)54-48-38-16-8-6-14-34(38)20-26-42(48)50(2)30-10-12-32-52(50,54)4;1-18-11-5-6-12-19(18,2)17-10-9-14-7-3-4-8-15(14)16(17)13-18;17-13-8-4-10-2-6-12-14(18)7-3-9-1-5-11(13)16(10)15(9)12/h5-8,13-28H,9-12,29-32H2,1-4H3;3-4,7-10H,5-6,11-13H2,1-2H3;1-8H. The van der Waals surface area contributed by atoms with Crippen molar-refractivity contribution in [1.29, 1.82) is 0 Å². The van der Waals surface area contributed by atoms with Crippen LogP contribution >= 0.6 is 31.9 Å². The van der Waals surface area contributed by atoms with E-state index in [1.54, 1.807) is 11.1 Å². The molecule has 4 heteroatoms. The zero-order valence-corrected chi connectivity index (χ0v) is 56.6. The summed E-state index contributed by atoms with van der Waals surface area (Å²) in [6, 6.07) is 78.4. The first kappa shape index (κ1) is 56.3. The summed E-state index contributed by atoms with van der Waals surface area (Å²) in [6.45, 7) is 15.3. The van der Waals surface area contributed by atoms with E-state index in [0.29, 0.717) is 10.8 Å². The van der Waals surface area contributed by atoms with Crippen LogP contribution in [0.5, 0.6) is 0 Å². The molecule has 2 aliphatic heterocycles. The maximum absolute atomic E-state index is 3.65. The molecule has 3 saturated carbocycles. The van der Waals surface area contributed by atoms with Gasteiger partial charge in [-0.2, -0.15) is 0 Å². The predicted octanol–water partition coefficient (Wildman–Crippen LogP) is 25.7. The minimum Gasteiger partial charge on any atom is -0.333 e. The molecule has 0 bridgehead atoms. The maximum Gasteiger partial charge on any atom is 0.0535 e. The van der Waals surface area contributed by atoms with Crippen LogP contribution in [0.3, 0.4) is 0 Å². The lowest BCUT2D eigenvalue weighted by Crippen LogP contribution is -2.54. The Bertz CT molecular complexity index is 5080. The average Bonchev–Trinajstić information content (AvgIpc) is 1.60. The molecule has 0 radical (unpaired) electrons. The van der Waals surface area contributed by atoms with Gasteiger partial charge in [0.15, 0.2) is 0 Å². The Morgan fingerprint density at radius 2 is 0.626 bits per heavy atom. The molecular formula is C87H78Br2N2. The second-order valence-electron chi connectivity index (χ2n) is 29.9. The molecule has 6 unspecified atom stereocenters. The van der Waals surface area contributed by atoms with Crippen molar-refractivity contribution in [2.45, 2.75) is 152 Å².